The van der Waals surface area contributed by atoms with Crippen molar-refractivity contribution < 1.29 is 24.9 Å². The van der Waals surface area contributed by atoms with Gasteiger partial charge in [-0.1, -0.05) is 46.1 Å². The van der Waals surface area contributed by atoms with Crippen LogP contribution >= 0.6 is 0 Å². The molecule has 0 aliphatic rings. The summed E-state index contributed by atoms with van der Waals surface area (Å²) in [5.74, 6) is -0.326. The van der Waals surface area contributed by atoms with E-state index < -0.39 is 5.97 Å². The summed E-state index contributed by atoms with van der Waals surface area (Å²) in [4.78, 5) is 9.60. The summed E-state index contributed by atoms with van der Waals surface area (Å²) in [6, 6.07) is 0. The number of aliphatic hydroxyl groups is 2. The van der Waals surface area contributed by atoms with Gasteiger partial charge in [0, 0.05) is 5.57 Å². The van der Waals surface area contributed by atoms with Crippen molar-refractivity contribution in [3.63, 3.8) is 0 Å². The van der Waals surface area contributed by atoms with E-state index in [1.807, 2.05) is 0 Å². The molecule has 0 aromatic heterocycles. The highest BCUT2D eigenvalue weighted by Gasteiger charge is 2.12. The van der Waals surface area contributed by atoms with Gasteiger partial charge in [0.15, 0.2) is 0 Å². The molecule has 5 heteroatoms. The number of ether oxygens (including phenoxy) is 1. The lowest BCUT2D eigenvalue weighted by Gasteiger charge is -2.18. The molecule has 126 valence electrons. The highest BCUT2D eigenvalue weighted by atomic mass is 16.5. The molecule has 0 spiro atoms. The Kier molecular flexibility index (Phi) is 16.5. The summed E-state index contributed by atoms with van der Waals surface area (Å²) in [5.41, 5.74) is 0.176. The van der Waals surface area contributed by atoms with Crippen LogP contribution in [0.1, 0.15) is 52.9 Å². The van der Waals surface area contributed by atoms with Gasteiger partial charge < -0.3 is 20.1 Å². The number of unbranched alkanes of at least 4 members (excludes halogenated alkanes) is 1. The molecule has 0 heterocycles. The van der Waals surface area contributed by atoms with Gasteiger partial charge in [0.05, 0.1) is 25.9 Å². The zero-order valence-corrected chi connectivity index (χ0v) is 13.7. The number of aliphatic carboxylic acids is 1. The van der Waals surface area contributed by atoms with Gasteiger partial charge in [0.2, 0.25) is 0 Å². The first-order valence-electron chi connectivity index (χ1n) is 7.64. The fourth-order valence-electron chi connectivity index (χ4n) is 1.72. The van der Waals surface area contributed by atoms with Crippen molar-refractivity contribution in [2.24, 2.45) is 5.92 Å². The molecule has 0 saturated carbocycles. The van der Waals surface area contributed by atoms with Gasteiger partial charge in [-0.3, -0.25) is 0 Å². The molecule has 0 radical (unpaired) electrons. The molecule has 3 N–H and O–H groups in total. The van der Waals surface area contributed by atoms with Crippen molar-refractivity contribution >= 4 is 5.97 Å². The van der Waals surface area contributed by atoms with E-state index in [1.54, 1.807) is 0 Å². The first kappa shape index (κ1) is 22.4. The second-order valence-corrected chi connectivity index (χ2v) is 5.19. The maximum Gasteiger partial charge on any atom is 0.330 e. The molecular formula is C16H32O5. The molecule has 0 fully saturated rings. The normalized spacial score (nSPS) is 13.0. The van der Waals surface area contributed by atoms with E-state index in [0.29, 0.717) is 19.1 Å². The summed E-state index contributed by atoms with van der Waals surface area (Å²) >= 11 is 0. The minimum atomic E-state index is -0.935. The topological polar surface area (TPSA) is 87.0 Å². The molecule has 0 rings (SSSR count). The fraction of sp³-hybridized carbons (Fsp3) is 0.812. The Morgan fingerprint density at radius 1 is 1.33 bits per heavy atom. The highest BCUT2D eigenvalue weighted by Crippen LogP contribution is 2.18. The lowest BCUT2D eigenvalue weighted by molar-refractivity contribution is -0.132. The van der Waals surface area contributed by atoms with Crippen LogP contribution in [-0.4, -0.2) is 47.2 Å². The van der Waals surface area contributed by atoms with Gasteiger partial charge in [-0.05, 0) is 19.3 Å². The van der Waals surface area contributed by atoms with Crippen molar-refractivity contribution in [2.75, 3.05) is 19.8 Å². The largest absolute Gasteiger partial charge is 0.478 e. The quantitative estimate of drug-likeness (QED) is 0.403. The lowest BCUT2D eigenvalue weighted by atomic mass is 9.93. The monoisotopic (exact) mass is 304 g/mol. The summed E-state index contributed by atoms with van der Waals surface area (Å²) in [6.07, 6.45) is 5.22. The van der Waals surface area contributed by atoms with Gasteiger partial charge in [-0.2, -0.15) is 0 Å². The fourth-order valence-corrected chi connectivity index (χ4v) is 1.72. The molecule has 2 atom stereocenters. The number of carboxylic acid groups (broad SMARTS) is 1. The second kappa shape index (κ2) is 15.5. The third-order valence-electron chi connectivity index (χ3n) is 3.06. The van der Waals surface area contributed by atoms with Gasteiger partial charge >= 0.3 is 5.97 Å². The van der Waals surface area contributed by atoms with Gasteiger partial charge in [0.25, 0.3) is 0 Å². The van der Waals surface area contributed by atoms with Crippen LogP contribution in [0.4, 0.5) is 0 Å². The van der Waals surface area contributed by atoms with E-state index in [1.165, 1.54) is 26.2 Å². The van der Waals surface area contributed by atoms with Crippen LogP contribution in [0.2, 0.25) is 0 Å². The zero-order chi connectivity index (χ0) is 16.7. The van der Waals surface area contributed by atoms with E-state index >= 15 is 0 Å². The van der Waals surface area contributed by atoms with Crippen LogP contribution in [-0.2, 0) is 9.53 Å². The zero-order valence-electron chi connectivity index (χ0n) is 13.7. The third-order valence-corrected chi connectivity index (χ3v) is 3.06. The SMILES string of the molecule is C=C(C)C(=O)O.CCCCC(CC)CC(O)COCCO. The molecular weight excluding hydrogens is 272 g/mol. The number of hydrogen-bond donors (Lipinski definition) is 3. The van der Waals surface area contributed by atoms with E-state index in [0.717, 1.165) is 12.8 Å². The lowest BCUT2D eigenvalue weighted by Crippen LogP contribution is -2.20. The Balaban J connectivity index is 0. The maximum absolute atomic E-state index is 9.67. The molecule has 0 saturated heterocycles. The Bertz CT molecular complexity index is 253. The molecule has 0 aromatic carbocycles. The predicted molar refractivity (Wildman–Crippen MR) is 84.3 cm³/mol. The Morgan fingerprint density at radius 2 is 1.90 bits per heavy atom. The van der Waals surface area contributed by atoms with Crippen LogP contribution in [0.15, 0.2) is 12.2 Å². The van der Waals surface area contributed by atoms with Crippen molar-refractivity contribution in [1.29, 1.82) is 0 Å². The highest BCUT2D eigenvalue weighted by molar-refractivity contribution is 5.84. The van der Waals surface area contributed by atoms with Crippen molar-refractivity contribution in [3.8, 4) is 0 Å². The predicted octanol–water partition coefficient (Wildman–Crippen LogP) is 2.61. The third kappa shape index (κ3) is 17.0. The van der Waals surface area contributed by atoms with E-state index in [2.05, 4.69) is 20.4 Å². The summed E-state index contributed by atoms with van der Waals surface area (Å²) in [5, 5.41) is 26.1. The number of rotatable bonds is 11. The van der Waals surface area contributed by atoms with Crippen LogP contribution in [0.25, 0.3) is 0 Å². The Labute approximate surface area is 128 Å². The Morgan fingerprint density at radius 3 is 2.29 bits per heavy atom. The average Bonchev–Trinajstić information content (AvgIpc) is 2.44. The summed E-state index contributed by atoms with van der Waals surface area (Å²) in [7, 11) is 0. The minimum Gasteiger partial charge on any atom is -0.478 e. The molecule has 5 nitrogen and oxygen atoms in total. The first-order chi connectivity index (χ1) is 9.88. The van der Waals surface area contributed by atoms with Gasteiger partial charge in [0.1, 0.15) is 0 Å². The maximum atomic E-state index is 9.67. The average molecular weight is 304 g/mol. The molecule has 0 amide bonds. The Hall–Kier alpha value is -0.910. The molecule has 0 aliphatic carbocycles. The van der Waals surface area contributed by atoms with Gasteiger partial charge in [-0.15, -0.1) is 0 Å². The first-order valence-corrected chi connectivity index (χ1v) is 7.64. The molecule has 2 unspecified atom stereocenters. The van der Waals surface area contributed by atoms with Gasteiger partial charge in [-0.25, -0.2) is 4.79 Å². The molecule has 0 aromatic rings. The van der Waals surface area contributed by atoms with Crippen LogP contribution < -0.4 is 0 Å². The second-order valence-electron chi connectivity index (χ2n) is 5.19. The van der Waals surface area contributed by atoms with Crippen LogP contribution in [0.3, 0.4) is 0 Å². The number of hydrogen-bond acceptors (Lipinski definition) is 4. The van der Waals surface area contributed by atoms with Crippen LogP contribution in [0.5, 0.6) is 0 Å². The van der Waals surface area contributed by atoms with Crippen molar-refractivity contribution in [1.82, 2.24) is 0 Å². The molecule has 0 bridgehead atoms. The molecule has 0 aliphatic heterocycles. The summed E-state index contributed by atoms with van der Waals surface area (Å²) in [6.45, 7) is 9.66. The number of carboxylic acids is 1. The van der Waals surface area contributed by atoms with E-state index in [9.17, 15) is 9.90 Å². The minimum absolute atomic E-state index is 0.0275. The van der Waals surface area contributed by atoms with Crippen molar-refractivity contribution in [2.45, 2.75) is 59.0 Å². The van der Waals surface area contributed by atoms with E-state index in [-0.39, 0.29) is 18.3 Å². The smallest absolute Gasteiger partial charge is 0.330 e. The van der Waals surface area contributed by atoms with Crippen molar-refractivity contribution in [3.05, 3.63) is 12.2 Å². The summed E-state index contributed by atoms with van der Waals surface area (Å²) < 4.78 is 5.09. The standard InChI is InChI=1S/C12H26O3.C4H6O2/c1-3-5-6-11(4-2)9-12(14)10-15-8-7-13;1-3(2)4(5)6/h11-14H,3-10H2,1-2H3;1H2,2H3,(H,5,6). The molecule has 21 heavy (non-hydrogen) atoms. The van der Waals surface area contributed by atoms with Crippen LogP contribution in [0, 0.1) is 5.92 Å². The number of aliphatic hydroxyl groups excluding tert-OH is 2. The van der Waals surface area contributed by atoms with E-state index in [4.69, 9.17) is 14.9 Å². The number of carbonyl (C=O) groups is 1.